The summed E-state index contributed by atoms with van der Waals surface area (Å²) < 4.78 is 0. The fourth-order valence-corrected chi connectivity index (χ4v) is 11.0. The number of carboxylic acids is 2. The highest BCUT2D eigenvalue weighted by Gasteiger charge is 2.39. The van der Waals surface area contributed by atoms with Crippen LogP contribution < -0.4 is 80.6 Å². The Morgan fingerprint density at radius 3 is 1.13 bits per heavy atom. The number of carbonyl (C=O) groups excluding carboxylic acids is 14. The van der Waals surface area contributed by atoms with E-state index in [1.165, 1.54) is 73.6 Å². The van der Waals surface area contributed by atoms with Gasteiger partial charge in [0, 0.05) is 61.8 Å². The maximum Gasteiger partial charge on any atom is 0.326 e. The van der Waals surface area contributed by atoms with Crippen LogP contribution in [0, 0.1) is 5.92 Å². The van der Waals surface area contributed by atoms with Crippen molar-refractivity contribution < 1.29 is 112 Å². The molecule has 0 unspecified atom stereocenters. The number of carbonyl (C=O) groups is 16. The number of thiol groups is 3. The Kier molecular flexibility index (Phi) is 38.2. The van der Waals surface area contributed by atoms with Gasteiger partial charge in [-0.05, 0) is 68.5 Å². The van der Waals surface area contributed by atoms with Crippen molar-refractivity contribution in [3.8, 4) is 11.5 Å². The van der Waals surface area contributed by atoms with Crippen LogP contribution in [0.5, 0.6) is 11.5 Å². The Labute approximate surface area is 656 Å². The van der Waals surface area contributed by atoms with E-state index in [0.29, 0.717) is 11.1 Å². The van der Waals surface area contributed by atoms with Crippen molar-refractivity contribution in [2.45, 2.75) is 176 Å². The summed E-state index contributed by atoms with van der Waals surface area (Å²) in [5.74, 6) is -20.8. The van der Waals surface area contributed by atoms with Crippen LogP contribution in [-0.2, 0) is 102 Å². The normalized spacial score (nSPS) is 15.4. The van der Waals surface area contributed by atoms with Gasteiger partial charge < -0.3 is 126 Å². The number of nitrogens with zero attached hydrogens (tertiary/aromatic N) is 2. The van der Waals surface area contributed by atoms with E-state index in [-0.39, 0.29) is 35.7 Å². The molecule has 0 saturated heterocycles. The number of H-pyrrole nitrogens is 2. The molecule has 614 valence electrons. The summed E-state index contributed by atoms with van der Waals surface area (Å²) >= 11 is 12.5. The summed E-state index contributed by atoms with van der Waals surface area (Å²) in [4.78, 5) is 229. The Balaban J connectivity index is 1.44. The van der Waals surface area contributed by atoms with Crippen LogP contribution in [0.4, 0.5) is 0 Å². The first-order chi connectivity index (χ1) is 52.8. The van der Waals surface area contributed by atoms with Crippen LogP contribution in [0.25, 0.3) is 0 Å². The van der Waals surface area contributed by atoms with Gasteiger partial charge in [0.05, 0.1) is 55.3 Å². The number of aromatic amines is 2. The van der Waals surface area contributed by atoms with Gasteiger partial charge in [0.25, 0.3) is 0 Å². The van der Waals surface area contributed by atoms with Crippen molar-refractivity contribution in [3.63, 3.8) is 0 Å². The number of imidazole rings is 2. The van der Waals surface area contributed by atoms with Crippen molar-refractivity contribution in [2.75, 3.05) is 23.9 Å². The number of phenols is 2. The molecule has 0 aliphatic carbocycles. The number of aliphatic hydroxyl groups excluding tert-OH is 3. The smallest absolute Gasteiger partial charge is 0.326 e. The number of aromatic hydroxyl groups is 2. The number of rotatable bonds is 47. The van der Waals surface area contributed by atoms with Crippen molar-refractivity contribution in [3.05, 3.63) is 96.1 Å². The van der Waals surface area contributed by atoms with E-state index in [9.17, 15) is 112 Å². The SMILES string of the molecule is CC(C)[C@H](N)C(=O)N[C@@H](CCC(=O)O)C(=O)N[C@@H](CC(N)=O)C(=O)N[C@@H](Cc1c[nH]cn1)C(=O)N[C@H](C(=O)N[C@@H](C)C(=O)N[C@@H](CS)C(=O)N[C@@H](Cc1c[nH]cn1)C(=O)N[C@@H](CS)C(=O)N[C@@H](CO)C(=O)N[C@H](C(=O)N[C@@H](CS)C(=O)N[C@@H](Cc1ccc(O)cc1)C(=O)N[C@@H](Cc1ccc(O)cc1)C(=O)O)[C@@H](C)O)[C@@H](C)O. The topological polar surface area (TPSA) is 681 Å². The largest absolute Gasteiger partial charge is 0.508 e. The number of hydrogen-bond donors (Lipinski definition) is 27. The van der Waals surface area contributed by atoms with E-state index < -0.39 is 253 Å². The number of aliphatic hydroxyl groups is 3. The maximum atomic E-state index is 14.1. The third-order valence-electron chi connectivity index (χ3n) is 16.7. The zero-order valence-corrected chi connectivity index (χ0v) is 63.8. The summed E-state index contributed by atoms with van der Waals surface area (Å²) in [6, 6.07) is -12.6. The lowest BCUT2D eigenvalue weighted by Gasteiger charge is -2.28. The van der Waals surface area contributed by atoms with Gasteiger partial charge in [0.2, 0.25) is 82.7 Å². The third-order valence-corrected chi connectivity index (χ3v) is 17.8. The quantitative estimate of drug-likeness (QED) is 0.0183. The molecule has 2 heterocycles. The van der Waals surface area contributed by atoms with Gasteiger partial charge in [-0.1, -0.05) is 38.1 Å². The molecule has 112 heavy (non-hydrogen) atoms. The zero-order valence-electron chi connectivity index (χ0n) is 61.1. The lowest BCUT2D eigenvalue weighted by Crippen LogP contribution is -2.63. The van der Waals surface area contributed by atoms with E-state index in [0.717, 1.165) is 20.8 Å². The van der Waals surface area contributed by atoms with Crippen LogP contribution in [0.1, 0.15) is 76.4 Å². The van der Waals surface area contributed by atoms with Crippen molar-refractivity contribution in [1.82, 2.24) is 89.1 Å². The number of nitrogens with one attached hydrogen (secondary N) is 15. The number of nitrogens with two attached hydrogens (primary N) is 2. The maximum absolute atomic E-state index is 14.1. The average Bonchev–Trinajstić information content (AvgIpc) is 1.07. The van der Waals surface area contributed by atoms with Crippen LogP contribution in [0.2, 0.25) is 0 Å². The number of benzene rings is 2. The summed E-state index contributed by atoms with van der Waals surface area (Å²) in [5, 5.41) is 101. The minimum absolute atomic E-state index is 0.101. The van der Waals surface area contributed by atoms with Gasteiger partial charge in [0.1, 0.15) is 90.0 Å². The summed E-state index contributed by atoms with van der Waals surface area (Å²) in [6.07, 6.45) is -1.85. The van der Waals surface area contributed by atoms with Crippen molar-refractivity contribution >= 4 is 133 Å². The van der Waals surface area contributed by atoms with Gasteiger partial charge in [-0.15, -0.1) is 0 Å². The van der Waals surface area contributed by atoms with E-state index in [1.54, 1.807) is 13.8 Å². The minimum atomic E-state index is -1.95. The molecular formula is C67H95N19O23S3. The monoisotopic (exact) mass is 1630 g/mol. The van der Waals surface area contributed by atoms with Crippen molar-refractivity contribution in [2.24, 2.45) is 17.4 Å². The molecule has 16 atom stereocenters. The molecule has 0 radical (unpaired) electrons. The molecule has 2 aromatic heterocycles. The second-order valence-corrected chi connectivity index (χ2v) is 27.1. The van der Waals surface area contributed by atoms with Gasteiger partial charge >= 0.3 is 11.9 Å². The van der Waals surface area contributed by atoms with Crippen LogP contribution in [-0.4, -0.2) is 271 Å². The number of aliphatic carboxylic acids is 2. The molecule has 0 aliphatic heterocycles. The number of hydrogen-bond acceptors (Lipinski definition) is 27. The number of amides is 14. The highest BCUT2D eigenvalue weighted by molar-refractivity contribution is 7.80. The van der Waals surface area contributed by atoms with Crippen LogP contribution in [0.3, 0.4) is 0 Å². The van der Waals surface area contributed by atoms with E-state index in [4.69, 9.17) is 11.5 Å². The van der Waals surface area contributed by atoms with Gasteiger partial charge in [0.15, 0.2) is 0 Å². The van der Waals surface area contributed by atoms with Crippen LogP contribution in [0.15, 0.2) is 73.6 Å². The highest BCUT2D eigenvalue weighted by atomic mass is 32.1. The number of primary amides is 1. The molecule has 0 fully saturated rings. The average molecular weight is 1630 g/mol. The van der Waals surface area contributed by atoms with E-state index >= 15 is 0 Å². The standard InChI is InChI=1S/C67H95N19O23S3/c1-29(2)51(69)64(105)75-39(14-15-50(93)94)55(96)79-43(20-49(68)92)58(99)77-42(19-36-22-71-28-73-36)59(100)85-52(31(4)88)65(106)74-30(3)54(95)82-46(24-110)61(102)78-41(18-35-21-70-27-72-35)57(98)83-47(25-111)63(104)81-45(23-87)60(101)86-53(32(5)89)66(107)84-48(26-112)62(103)76-40(16-33-6-10-37(90)11-7-33)56(97)80-44(67(108)109)17-34-8-12-38(91)13-9-34/h6-13,21-22,27-32,39-48,51-53,87-91,110-112H,14-20,23-26,69H2,1-5H3,(H2,68,92)(H,70,72)(H,71,73)(H,74,106)(H,75,105)(H,76,103)(H,77,99)(H,78,102)(H,79,96)(H,80,97)(H,81,104)(H,82,95)(H,83,98)(H,84,107)(H,85,100)(H,86,101)(H,93,94)(H,108,109)/t30-,31+,32+,39-,40-,41-,42-,43-,44-,45-,46-,47-,48-,51-,52-,53-/m0/s1. The fourth-order valence-electron chi connectivity index (χ4n) is 10.2. The lowest BCUT2D eigenvalue weighted by atomic mass is 10.0. The number of phenolic OH excluding ortho intramolecular Hbond substituents is 2. The molecule has 14 amide bonds. The predicted molar refractivity (Wildman–Crippen MR) is 402 cm³/mol. The summed E-state index contributed by atoms with van der Waals surface area (Å²) in [6.45, 7) is 5.30. The number of carboxylic acid groups (broad SMARTS) is 2. The Morgan fingerprint density at radius 2 is 0.750 bits per heavy atom. The molecule has 0 saturated carbocycles. The van der Waals surface area contributed by atoms with E-state index in [1.807, 2.05) is 0 Å². The highest BCUT2D eigenvalue weighted by Crippen LogP contribution is 2.16. The van der Waals surface area contributed by atoms with Crippen molar-refractivity contribution in [1.29, 1.82) is 0 Å². The predicted octanol–water partition coefficient (Wildman–Crippen LogP) is -8.51. The van der Waals surface area contributed by atoms with Crippen LogP contribution >= 0.6 is 37.9 Å². The molecule has 0 bridgehead atoms. The zero-order chi connectivity index (χ0) is 83.8. The Hall–Kier alpha value is -11.1. The molecular weight excluding hydrogens is 1540 g/mol. The molecule has 0 spiro atoms. The summed E-state index contributed by atoms with van der Waals surface area (Å²) in [7, 11) is 0. The second-order valence-electron chi connectivity index (χ2n) is 26.0. The minimum Gasteiger partial charge on any atom is -0.508 e. The third kappa shape index (κ3) is 30.6. The Bertz CT molecular complexity index is 3900. The molecule has 4 rings (SSSR count). The molecule has 4 aromatic rings. The molecule has 42 nitrogen and oxygen atoms in total. The molecule has 26 N–H and O–H groups in total. The van der Waals surface area contributed by atoms with Gasteiger partial charge in [-0.25, -0.2) is 14.8 Å². The van der Waals surface area contributed by atoms with Gasteiger partial charge in [-0.2, -0.15) is 37.9 Å². The fraction of sp³-hybridized carbons (Fsp3) is 0.493. The first-order valence-electron chi connectivity index (χ1n) is 34.5. The second kappa shape index (κ2) is 45.9. The molecule has 45 heteroatoms. The first kappa shape index (κ1) is 93.3. The molecule has 0 aliphatic rings. The number of aromatic nitrogens is 4. The molecule has 2 aromatic carbocycles. The first-order valence-corrected chi connectivity index (χ1v) is 36.4. The van der Waals surface area contributed by atoms with Gasteiger partial charge in [-0.3, -0.25) is 71.9 Å². The van der Waals surface area contributed by atoms with E-state index in [2.05, 4.69) is 127 Å². The summed E-state index contributed by atoms with van der Waals surface area (Å²) in [5.41, 5.74) is 12.4. The lowest BCUT2D eigenvalue weighted by molar-refractivity contribution is -0.142. The Morgan fingerprint density at radius 1 is 0.420 bits per heavy atom.